The smallest absolute Gasteiger partial charge is 0.223 e. The van der Waals surface area contributed by atoms with Gasteiger partial charge in [0.2, 0.25) is 5.91 Å². The van der Waals surface area contributed by atoms with Gasteiger partial charge in [0, 0.05) is 24.6 Å². The third kappa shape index (κ3) is 4.22. The summed E-state index contributed by atoms with van der Waals surface area (Å²) in [6.07, 6.45) is 12.5. The van der Waals surface area contributed by atoms with Crippen LogP contribution in [0.5, 0.6) is 0 Å². The number of allylic oxidation sites excluding steroid dienone is 5. The van der Waals surface area contributed by atoms with E-state index in [-0.39, 0.29) is 11.3 Å². The van der Waals surface area contributed by atoms with Crippen molar-refractivity contribution in [2.45, 2.75) is 40.5 Å². The first-order chi connectivity index (χ1) is 7.96. The van der Waals surface area contributed by atoms with Crippen molar-refractivity contribution in [3.05, 3.63) is 36.1 Å². The van der Waals surface area contributed by atoms with E-state index in [4.69, 9.17) is 0 Å². The third-order valence-electron chi connectivity index (χ3n) is 2.85. The Morgan fingerprint density at radius 2 is 2.06 bits per heavy atom. The van der Waals surface area contributed by atoms with Gasteiger partial charge in [0.15, 0.2) is 0 Å². The SMILES string of the molecule is CCCCN(C(C)=O)C1=CC(C)(C)C=CC=C1. The second-order valence-corrected chi connectivity index (χ2v) is 5.13. The van der Waals surface area contributed by atoms with E-state index < -0.39 is 0 Å². The molecule has 1 aliphatic rings. The molecule has 0 atom stereocenters. The van der Waals surface area contributed by atoms with E-state index in [1.807, 2.05) is 23.1 Å². The van der Waals surface area contributed by atoms with Crippen LogP contribution in [-0.2, 0) is 4.79 Å². The fraction of sp³-hybridized carbons (Fsp3) is 0.533. The average molecular weight is 233 g/mol. The zero-order chi connectivity index (χ0) is 12.9. The molecule has 0 fully saturated rings. The summed E-state index contributed by atoms with van der Waals surface area (Å²) in [6, 6.07) is 0. The zero-order valence-electron chi connectivity index (χ0n) is 11.4. The van der Waals surface area contributed by atoms with Gasteiger partial charge < -0.3 is 4.90 Å². The zero-order valence-corrected chi connectivity index (χ0v) is 11.4. The van der Waals surface area contributed by atoms with Crippen molar-refractivity contribution in [1.29, 1.82) is 0 Å². The highest BCUT2D eigenvalue weighted by Crippen LogP contribution is 2.25. The van der Waals surface area contributed by atoms with Crippen LogP contribution >= 0.6 is 0 Å². The lowest BCUT2D eigenvalue weighted by Gasteiger charge is -2.25. The van der Waals surface area contributed by atoms with Gasteiger partial charge in [-0.15, -0.1) is 0 Å². The molecule has 0 aromatic rings. The average Bonchev–Trinajstić information content (AvgIpc) is 2.39. The Hall–Kier alpha value is -1.31. The Morgan fingerprint density at radius 3 is 2.65 bits per heavy atom. The fourth-order valence-electron chi connectivity index (χ4n) is 1.89. The van der Waals surface area contributed by atoms with Crippen LogP contribution in [0.1, 0.15) is 40.5 Å². The molecule has 0 bridgehead atoms. The maximum Gasteiger partial charge on any atom is 0.223 e. The lowest BCUT2D eigenvalue weighted by atomic mass is 9.92. The Kier molecular flexibility index (Phi) is 4.73. The quantitative estimate of drug-likeness (QED) is 0.725. The molecular weight excluding hydrogens is 210 g/mol. The summed E-state index contributed by atoms with van der Waals surface area (Å²) in [5.74, 6) is 0.118. The number of rotatable bonds is 4. The normalized spacial score (nSPS) is 17.5. The highest BCUT2D eigenvalue weighted by molar-refractivity contribution is 5.76. The number of carbonyl (C=O) groups excluding carboxylic acids is 1. The summed E-state index contributed by atoms with van der Waals surface area (Å²) in [5, 5.41) is 0. The minimum atomic E-state index is -0.00124. The van der Waals surface area contributed by atoms with Crippen molar-refractivity contribution in [2.75, 3.05) is 6.54 Å². The molecule has 0 aromatic heterocycles. The van der Waals surface area contributed by atoms with Gasteiger partial charge in [-0.25, -0.2) is 0 Å². The second kappa shape index (κ2) is 5.85. The molecule has 0 N–H and O–H groups in total. The first-order valence-corrected chi connectivity index (χ1v) is 6.33. The Balaban J connectivity index is 2.93. The van der Waals surface area contributed by atoms with Crippen molar-refractivity contribution in [3.8, 4) is 0 Å². The van der Waals surface area contributed by atoms with E-state index in [2.05, 4.69) is 32.9 Å². The van der Waals surface area contributed by atoms with Gasteiger partial charge in [-0.05, 0) is 12.5 Å². The van der Waals surface area contributed by atoms with Crippen molar-refractivity contribution in [1.82, 2.24) is 4.90 Å². The molecule has 2 nitrogen and oxygen atoms in total. The summed E-state index contributed by atoms with van der Waals surface area (Å²) in [7, 11) is 0. The van der Waals surface area contributed by atoms with Crippen molar-refractivity contribution in [3.63, 3.8) is 0 Å². The minimum absolute atomic E-state index is 0.00124. The van der Waals surface area contributed by atoms with E-state index in [0.717, 1.165) is 25.1 Å². The molecular formula is C15H23NO. The predicted octanol–water partition coefficient (Wildman–Crippen LogP) is 3.67. The van der Waals surface area contributed by atoms with Gasteiger partial charge in [-0.3, -0.25) is 4.79 Å². The highest BCUT2D eigenvalue weighted by atomic mass is 16.2. The molecule has 94 valence electrons. The van der Waals surface area contributed by atoms with E-state index in [0.29, 0.717) is 0 Å². The van der Waals surface area contributed by atoms with Crippen LogP contribution < -0.4 is 0 Å². The van der Waals surface area contributed by atoms with Crippen LogP contribution in [0.2, 0.25) is 0 Å². The molecule has 0 radical (unpaired) electrons. The largest absolute Gasteiger partial charge is 0.313 e. The molecule has 17 heavy (non-hydrogen) atoms. The maximum absolute atomic E-state index is 11.7. The number of nitrogens with zero attached hydrogens (tertiary/aromatic N) is 1. The molecule has 1 aliphatic carbocycles. The standard InChI is InChI=1S/C15H23NO/c1-5-6-11-16(13(2)17)14-9-7-8-10-15(3,4)12-14/h7-10,12H,5-6,11H2,1-4H3. The summed E-state index contributed by atoms with van der Waals surface area (Å²) in [5.41, 5.74) is 1.01. The summed E-state index contributed by atoms with van der Waals surface area (Å²) in [4.78, 5) is 13.6. The lowest BCUT2D eigenvalue weighted by molar-refractivity contribution is -0.126. The maximum atomic E-state index is 11.7. The number of amides is 1. The van der Waals surface area contributed by atoms with Gasteiger partial charge in [0.25, 0.3) is 0 Å². The number of unbranched alkanes of at least 4 members (excludes halogenated alkanes) is 1. The number of hydrogen-bond acceptors (Lipinski definition) is 1. The molecule has 2 heteroatoms. The van der Waals surface area contributed by atoms with Crippen LogP contribution in [0.3, 0.4) is 0 Å². The van der Waals surface area contributed by atoms with E-state index in [1.165, 1.54) is 0 Å². The highest BCUT2D eigenvalue weighted by Gasteiger charge is 2.18. The Morgan fingerprint density at radius 1 is 1.35 bits per heavy atom. The molecule has 0 unspecified atom stereocenters. The lowest BCUT2D eigenvalue weighted by Crippen LogP contribution is -2.29. The number of hydrogen-bond donors (Lipinski definition) is 0. The van der Waals surface area contributed by atoms with Crippen molar-refractivity contribution in [2.24, 2.45) is 5.41 Å². The second-order valence-electron chi connectivity index (χ2n) is 5.13. The van der Waals surface area contributed by atoms with Crippen LogP contribution in [0.25, 0.3) is 0 Å². The molecule has 0 aromatic carbocycles. The van der Waals surface area contributed by atoms with Gasteiger partial charge in [0.1, 0.15) is 0 Å². The summed E-state index contributed by atoms with van der Waals surface area (Å²) >= 11 is 0. The first kappa shape index (κ1) is 13.8. The van der Waals surface area contributed by atoms with Gasteiger partial charge in [0.05, 0.1) is 0 Å². The van der Waals surface area contributed by atoms with Crippen LogP contribution in [0.15, 0.2) is 36.1 Å². The first-order valence-electron chi connectivity index (χ1n) is 6.33. The van der Waals surface area contributed by atoms with Crippen LogP contribution in [0.4, 0.5) is 0 Å². The molecule has 1 amide bonds. The Labute approximate surface area is 105 Å². The summed E-state index contributed by atoms with van der Waals surface area (Å²) < 4.78 is 0. The number of carbonyl (C=O) groups is 1. The molecule has 1 rings (SSSR count). The molecule has 0 spiro atoms. The Bertz CT molecular complexity index is 361. The monoisotopic (exact) mass is 233 g/mol. The van der Waals surface area contributed by atoms with Gasteiger partial charge >= 0.3 is 0 Å². The van der Waals surface area contributed by atoms with Gasteiger partial charge in [-0.2, -0.15) is 0 Å². The van der Waals surface area contributed by atoms with E-state index in [9.17, 15) is 4.79 Å². The minimum Gasteiger partial charge on any atom is -0.313 e. The molecule has 0 saturated carbocycles. The molecule has 0 saturated heterocycles. The van der Waals surface area contributed by atoms with Crippen molar-refractivity contribution < 1.29 is 4.79 Å². The molecule has 0 aliphatic heterocycles. The topological polar surface area (TPSA) is 20.3 Å². The van der Waals surface area contributed by atoms with Crippen LogP contribution in [-0.4, -0.2) is 17.4 Å². The van der Waals surface area contributed by atoms with Crippen molar-refractivity contribution >= 4 is 5.91 Å². The van der Waals surface area contributed by atoms with E-state index in [1.54, 1.807) is 6.92 Å². The third-order valence-corrected chi connectivity index (χ3v) is 2.85. The van der Waals surface area contributed by atoms with E-state index >= 15 is 0 Å². The molecule has 0 heterocycles. The summed E-state index contributed by atoms with van der Waals surface area (Å²) in [6.45, 7) is 8.87. The predicted molar refractivity (Wildman–Crippen MR) is 72.4 cm³/mol. The van der Waals surface area contributed by atoms with Gasteiger partial charge in [-0.1, -0.05) is 51.5 Å². The van der Waals surface area contributed by atoms with Crippen LogP contribution in [0, 0.1) is 5.41 Å². The fourth-order valence-corrected chi connectivity index (χ4v) is 1.89.